The van der Waals surface area contributed by atoms with Gasteiger partial charge in [-0.3, -0.25) is 24.1 Å². The lowest BCUT2D eigenvalue weighted by molar-refractivity contribution is -0.127. The molecule has 1 fully saturated rings. The molecule has 12 heteroatoms. The molecule has 2 N–H and O–H groups in total. The molecular formula is C26H18BrF2N3O5S. The van der Waals surface area contributed by atoms with Gasteiger partial charge >= 0.3 is 0 Å². The Labute approximate surface area is 228 Å². The summed E-state index contributed by atoms with van der Waals surface area (Å²) >= 11 is 4.04. The molecule has 0 bridgehead atoms. The molecule has 0 aliphatic carbocycles. The molecule has 8 nitrogen and oxygen atoms in total. The van der Waals surface area contributed by atoms with E-state index >= 15 is 0 Å². The number of rotatable bonds is 8. The Balaban J connectivity index is 1.34. The summed E-state index contributed by atoms with van der Waals surface area (Å²) in [7, 11) is 0. The number of imide groups is 1. The Morgan fingerprint density at radius 1 is 0.921 bits per heavy atom. The van der Waals surface area contributed by atoms with Gasteiger partial charge in [0.1, 0.15) is 23.9 Å². The molecule has 194 valence electrons. The number of amides is 4. The SMILES string of the molecule is O=C(COc1ccc(/C=C2/SC(=O)N(CC(=O)Nc3cccc(F)c3)C2=O)cc1Br)Nc1ccc(F)cc1. The lowest BCUT2D eigenvalue weighted by atomic mass is 10.2. The lowest BCUT2D eigenvalue weighted by Gasteiger charge is -2.12. The highest BCUT2D eigenvalue weighted by Gasteiger charge is 2.36. The second-order valence-electron chi connectivity index (χ2n) is 7.86. The Hall–Kier alpha value is -4.03. The van der Waals surface area contributed by atoms with Gasteiger partial charge in [0.2, 0.25) is 5.91 Å². The third-order valence-corrected chi connectivity index (χ3v) is 6.55. The molecule has 3 aromatic rings. The van der Waals surface area contributed by atoms with Crippen LogP contribution < -0.4 is 15.4 Å². The van der Waals surface area contributed by atoms with Gasteiger partial charge in [0, 0.05) is 11.4 Å². The number of carbonyl (C=O) groups excluding carboxylic acids is 4. The first kappa shape index (κ1) is 27.0. The van der Waals surface area contributed by atoms with Crippen molar-refractivity contribution < 1.29 is 32.7 Å². The van der Waals surface area contributed by atoms with Crippen LogP contribution in [0, 0.1) is 11.6 Å². The molecule has 0 unspecified atom stereocenters. The fourth-order valence-electron chi connectivity index (χ4n) is 3.30. The average Bonchev–Trinajstić information content (AvgIpc) is 3.12. The normalized spacial score (nSPS) is 14.1. The van der Waals surface area contributed by atoms with E-state index in [1.54, 1.807) is 18.2 Å². The van der Waals surface area contributed by atoms with Gasteiger partial charge in [-0.2, -0.15) is 0 Å². The van der Waals surface area contributed by atoms with Crippen LogP contribution in [0.4, 0.5) is 25.0 Å². The van der Waals surface area contributed by atoms with E-state index in [1.807, 2.05) is 0 Å². The zero-order valence-corrected chi connectivity index (χ0v) is 21.8. The summed E-state index contributed by atoms with van der Waals surface area (Å²) in [5.41, 5.74) is 1.20. The van der Waals surface area contributed by atoms with Crippen LogP contribution in [0.2, 0.25) is 0 Å². The lowest BCUT2D eigenvalue weighted by Crippen LogP contribution is -2.36. The molecule has 1 saturated heterocycles. The van der Waals surface area contributed by atoms with Crippen molar-refractivity contribution in [1.29, 1.82) is 0 Å². The molecule has 0 spiro atoms. The van der Waals surface area contributed by atoms with Crippen LogP contribution in [-0.2, 0) is 14.4 Å². The summed E-state index contributed by atoms with van der Waals surface area (Å²) in [6, 6.07) is 15.4. The summed E-state index contributed by atoms with van der Waals surface area (Å²) in [6.45, 7) is -0.819. The van der Waals surface area contributed by atoms with Crippen molar-refractivity contribution >= 4 is 68.1 Å². The highest BCUT2D eigenvalue weighted by molar-refractivity contribution is 9.10. The Kier molecular flexibility index (Phi) is 8.54. The van der Waals surface area contributed by atoms with Crippen LogP contribution in [-0.4, -0.2) is 41.0 Å². The summed E-state index contributed by atoms with van der Waals surface area (Å²) < 4.78 is 32.3. The number of nitrogens with zero attached hydrogens (tertiary/aromatic N) is 1. The standard InChI is InChI=1S/C26H18BrF2N3O5S/c27-20-10-15(4-9-21(20)37-14-24(34)30-18-7-5-16(28)6-8-18)11-22-25(35)32(26(36)38-22)13-23(33)31-19-3-1-2-17(29)12-19/h1-12H,13-14H2,(H,30,34)(H,31,33)/b22-11+. The minimum absolute atomic E-state index is 0.118. The Morgan fingerprint density at radius 3 is 2.37 bits per heavy atom. The highest BCUT2D eigenvalue weighted by Crippen LogP contribution is 2.34. The van der Waals surface area contributed by atoms with Gasteiger partial charge < -0.3 is 15.4 Å². The number of nitrogens with one attached hydrogen (secondary N) is 2. The maximum Gasteiger partial charge on any atom is 0.294 e. The van der Waals surface area contributed by atoms with Gasteiger partial charge in [-0.25, -0.2) is 8.78 Å². The monoisotopic (exact) mass is 601 g/mol. The van der Waals surface area contributed by atoms with Crippen LogP contribution >= 0.6 is 27.7 Å². The zero-order chi connectivity index (χ0) is 27.2. The summed E-state index contributed by atoms with van der Waals surface area (Å²) in [5, 5.41) is 4.42. The van der Waals surface area contributed by atoms with Crippen molar-refractivity contribution in [2.75, 3.05) is 23.8 Å². The maximum absolute atomic E-state index is 13.3. The third-order valence-electron chi connectivity index (χ3n) is 5.02. The third kappa shape index (κ3) is 7.05. The topological polar surface area (TPSA) is 105 Å². The largest absolute Gasteiger partial charge is 0.483 e. The molecule has 1 aliphatic heterocycles. The van der Waals surface area contributed by atoms with Gasteiger partial charge in [-0.05, 0) is 93.9 Å². The van der Waals surface area contributed by atoms with Crippen molar-refractivity contribution in [3.8, 4) is 5.75 Å². The van der Waals surface area contributed by atoms with Gasteiger partial charge in [0.15, 0.2) is 6.61 Å². The maximum atomic E-state index is 13.3. The molecule has 0 radical (unpaired) electrons. The van der Waals surface area contributed by atoms with Crippen molar-refractivity contribution in [2.45, 2.75) is 0 Å². The van der Waals surface area contributed by atoms with Crippen molar-refractivity contribution in [3.05, 3.63) is 93.3 Å². The van der Waals surface area contributed by atoms with Crippen LogP contribution in [0.25, 0.3) is 6.08 Å². The molecule has 38 heavy (non-hydrogen) atoms. The number of hydrogen-bond donors (Lipinski definition) is 2. The van der Waals surface area contributed by atoms with E-state index in [4.69, 9.17) is 4.74 Å². The Morgan fingerprint density at radius 2 is 1.66 bits per heavy atom. The van der Waals surface area contributed by atoms with Gasteiger partial charge in [0.25, 0.3) is 17.1 Å². The molecule has 1 aliphatic rings. The zero-order valence-electron chi connectivity index (χ0n) is 19.4. The number of anilines is 2. The number of benzene rings is 3. The minimum Gasteiger partial charge on any atom is -0.483 e. The molecule has 3 aromatic carbocycles. The smallest absolute Gasteiger partial charge is 0.294 e. The first-order valence-corrected chi connectivity index (χ1v) is 12.6. The predicted octanol–water partition coefficient (Wildman–Crippen LogP) is 5.42. The van der Waals surface area contributed by atoms with E-state index in [1.165, 1.54) is 48.5 Å². The summed E-state index contributed by atoms with van der Waals surface area (Å²) in [6.07, 6.45) is 1.49. The minimum atomic E-state index is -0.646. The fraction of sp³-hybridized carbons (Fsp3) is 0.0769. The second kappa shape index (κ2) is 12.0. The van der Waals surface area contributed by atoms with E-state index in [0.29, 0.717) is 33.2 Å². The molecule has 0 saturated carbocycles. The van der Waals surface area contributed by atoms with Crippen LogP contribution in [0.1, 0.15) is 5.56 Å². The Bertz CT molecular complexity index is 1450. The number of halogens is 3. The van der Waals surface area contributed by atoms with Crippen LogP contribution in [0.3, 0.4) is 0 Å². The van der Waals surface area contributed by atoms with E-state index in [2.05, 4.69) is 26.6 Å². The van der Waals surface area contributed by atoms with Crippen LogP contribution in [0.5, 0.6) is 5.75 Å². The molecule has 1 heterocycles. The molecule has 4 amide bonds. The highest BCUT2D eigenvalue weighted by atomic mass is 79.9. The number of ether oxygens (including phenoxy) is 1. The number of thioether (sulfide) groups is 1. The van der Waals surface area contributed by atoms with E-state index in [-0.39, 0.29) is 17.2 Å². The first-order valence-electron chi connectivity index (χ1n) is 11.0. The quantitative estimate of drug-likeness (QED) is 0.334. The fourth-order valence-corrected chi connectivity index (χ4v) is 4.64. The van der Waals surface area contributed by atoms with Crippen molar-refractivity contribution in [2.24, 2.45) is 0 Å². The summed E-state index contributed by atoms with van der Waals surface area (Å²) in [4.78, 5) is 50.4. The van der Waals surface area contributed by atoms with Crippen molar-refractivity contribution in [3.63, 3.8) is 0 Å². The van der Waals surface area contributed by atoms with Crippen LogP contribution in [0.15, 0.2) is 76.1 Å². The van der Waals surface area contributed by atoms with Gasteiger partial charge in [-0.15, -0.1) is 0 Å². The number of carbonyl (C=O) groups is 4. The summed E-state index contributed by atoms with van der Waals surface area (Å²) in [5.74, 6) is -2.32. The predicted molar refractivity (Wildman–Crippen MR) is 142 cm³/mol. The number of hydrogen-bond acceptors (Lipinski definition) is 6. The molecule has 0 aromatic heterocycles. The second-order valence-corrected chi connectivity index (χ2v) is 9.71. The van der Waals surface area contributed by atoms with E-state index < -0.39 is 41.1 Å². The molecule has 4 rings (SSSR count). The molecule has 0 atom stereocenters. The average molecular weight is 602 g/mol. The van der Waals surface area contributed by atoms with E-state index in [9.17, 15) is 28.0 Å². The van der Waals surface area contributed by atoms with Crippen molar-refractivity contribution in [1.82, 2.24) is 4.90 Å². The van der Waals surface area contributed by atoms with Gasteiger partial charge in [-0.1, -0.05) is 12.1 Å². The van der Waals surface area contributed by atoms with E-state index in [0.717, 1.165) is 11.0 Å². The van der Waals surface area contributed by atoms with Gasteiger partial charge in [0.05, 0.1) is 9.38 Å². The molecular weight excluding hydrogens is 584 g/mol. The first-order chi connectivity index (χ1) is 18.2.